The third-order valence-electron chi connectivity index (χ3n) is 1.71. The number of carbonyl (C=O) groups excluding carboxylic acids is 1. The summed E-state index contributed by atoms with van der Waals surface area (Å²) in [6.45, 7) is 0. The first-order chi connectivity index (χ1) is 6.26. The summed E-state index contributed by atoms with van der Waals surface area (Å²) in [5.41, 5.74) is 0. The van der Waals surface area contributed by atoms with Crippen molar-refractivity contribution in [2.75, 3.05) is 12.4 Å². The number of halogens is 1. The second-order valence-corrected chi connectivity index (χ2v) is 3.48. The monoisotopic (exact) mass is 251 g/mol. The van der Waals surface area contributed by atoms with E-state index >= 15 is 0 Å². The van der Waals surface area contributed by atoms with Crippen LogP contribution in [0.25, 0.3) is 0 Å². The van der Waals surface area contributed by atoms with Gasteiger partial charge in [0.15, 0.2) is 6.04 Å². The van der Waals surface area contributed by atoms with E-state index in [9.17, 15) is 9.70 Å². The summed E-state index contributed by atoms with van der Waals surface area (Å²) in [7, 11) is 1.26. The molecule has 0 bridgehead atoms. The molecular weight excluding hydrogens is 238 g/mol. The van der Waals surface area contributed by atoms with Crippen LogP contribution in [0.4, 0.5) is 0 Å². The predicted molar refractivity (Wildman–Crippen MR) is 53.9 cm³/mol. The lowest BCUT2D eigenvalue weighted by atomic mass is 10.1. The minimum Gasteiger partial charge on any atom is -0.467 e. The molecule has 13 heavy (non-hydrogen) atoms. The second-order valence-electron chi connectivity index (χ2n) is 2.68. The zero-order chi connectivity index (χ0) is 10.1. The molecule has 0 aliphatic heterocycles. The van der Waals surface area contributed by atoms with Crippen LogP contribution in [-0.2, 0) is 9.53 Å². The largest absolute Gasteiger partial charge is 0.467 e. The smallest absolute Gasteiger partial charge is 0.334 e. The Morgan fingerprint density at radius 1 is 1.46 bits per heavy atom. The third kappa shape index (κ3) is 5.74. The molecule has 0 aliphatic carbocycles. The summed E-state index contributed by atoms with van der Waals surface area (Å²) in [5.74, 6) is -0.533. The predicted octanol–water partition coefficient (Wildman–Crippen LogP) is 2.25. The number of unbranched alkanes of at least 4 members (excludes halogenated alkanes) is 2. The molecule has 0 aromatic heterocycles. The van der Waals surface area contributed by atoms with Crippen LogP contribution in [0, 0.1) is 4.91 Å². The fraction of sp³-hybridized carbons (Fsp3) is 0.875. The highest BCUT2D eigenvalue weighted by Crippen LogP contribution is 2.08. The van der Waals surface area contributed by atoms with E-state index in [1.807, 2.05) is 0 Å². The standard InChI is InChI=1S/C8H14BrNO3/c1-13-8(11)7(10-12)5-3-2-4-6-9/h7H,2-6H2,1H3. The van der Waals surface area contributed by atoms with Gasteiger partial charge < -0.3 is 4.74 Å². The summed E-state index contributed by atoms with van der Waals surface area (Å²) < 4.78 is 4.42. The number of esters is 1. The highest BCUT2D eigenvalue weighted by atomic mass is 79.9. The number of methoxy groups -OCH3 is 1. The molecule has 1 atom stereocenters. The Bertz CT molecular complexity index is 163. The van der Waals surface area contributed by atoms with Crippen molar-refractivity contribution in [1.82, 2.24) is 0 Å². The maximum absolute atomic E-state index is 10.9. The number of nitroso groups, excluding NO2 is 1. The number of alkyl halides is 1. The van der Waals surface area contributed by atoms with Crippen molar-refractivity contribution in [2.45, 2.75) is 31.7 Å². The molecular formula is C8H14BrNO3. The lowest BCUT2D eigenvalue weighted by Crippen LogP contribution is -2.19. The second kappa shape index (κ2) is 8.16. The van der Waals surface area contributed by atoms with Crippen LogP contribution in [0.1, 0.15) is 25.7 Å². The zero-order valence-electron chi connectivity index (χ0n) is 7.66. The fourth-order valence-corrected chi connectivity index (χ4v) is 1.36. The van der Waals surface area contributed by atoms with Crippen LogP contribution < -0.4 is 0 Å². The fourth-order valence-electron chi connectivity index (χ4n) is 0.959. The Labute approximate surface area is 86.1 Å². The van der Waals surface area contributed by atoms with Crippen LogP contribution in [0.3, 0.4) is 0 Å². The number of carbonyl (C=O) groups is 1. The molecule has 1 unspecified atom stereocenters. The van der Waals surface area contributed by atoms with E-state index in [0.717, 1.165) is 24.6 Å². The summed E-state index contributed by atoms with van der Waals surface area (Å²) in [4.78, 5) is 21.1. The SMILES string of the molecule is COC(=O)C(CCCCCBr)N=O. The average Bonchev–Trinajstić information content (AvgIpc) is 2.17. The number of rotatable bonds is 7. The summed E-state index contributed by atoms with van der Waals surface area (Å²) in [5, 5.41) is 3.67. The van der Waals surface area contributed by atoms with E-state index in [4.69, 9.17) is 0 Å². The molecule has 0 radical (unpaired) electrons. The molecule has 0 fully saturated rings. The maximum Gasteiger partial charge on any atom is 0.334 e. The molecule has 0 saturated carbocycles. The molecule has 5 heteroatoms. The van der Waals surface area contributed by atoms with Crippen molar-refractivity contribution in [3.8, 4) is 0 Å². The number of hydrogen-bond acceptors (Lipinski definition) is 4. The molecule has 0 rings (SSSR count). The molecule has 76 valence electrons. The van der Waals surface area contributed by atoms with E-state index in [0.29, 0.717) is 6.42 Å². The van der Waals surface area contributed by atoms with Crippen molar-refractivity contribution in [3.05, 3.63) is 4.91 Å². The minimum atomic E-state index is -0.819. The van der Waals surface area contributed by atoms with E-state index in [2.05, 4.69) is 25.8 Å². The highest BCUT2D eigenvalue weighted by molar-refractivity contribution is 9.09. The van der Waals surface area contributed by atoms with Gasteiger partial charge in [0, 0.05) is 5.33 Å². The Balaban J connectivity index is 3.60. The first-order valence-electron chi connectivity index (χ1n) is 4.22. The van der Waals surface area contributed by atoms with Gasteiger partial charge >= 0.3 is 5.97 Å². The summed E-state index contributed by atoms with van der Waals surface area (Å²) in [6.07, 6.45) is 3.36. The Hall–Kier alpha value is -0.450. The first-order valence-corrected chi connectivity index (χ1v) is 5.34. The number of ether oxygens (including phenoxy) is 1. The molecule has 0 aliphatic rings. The lowest BCUT2D eigenvalue weighted by Gasteiger charge is -2.05. The van der Waals surface area contributed by atoms with Crippen LogP contribution in [0.15, 0.2) is 5.18 Å². The van der Waals surface area contributed by atoms with E-state index in [1.165, 1.54) is 7.11 Å². The molecule has 0 aromatic carbocycles. The molecule has 0 aromatic rings. The van der Waals surface area contributed by atoms with Gasteiger partial charge in [-0.05, 0) is 12.8 Å². The minimum absolute atomic E-state index is 0.489. The van der Waals surface area contributed by atoms with Gasteiger partial charge in [-0.1, -0.05) is 33.9 Å². The van der Waals surface area contributed by atoms with Gasteiger partial charge in [-0.15, -0.1) is 4.91 Å². The van der Waals surface area contributed by atoms with E-state index in [1.54, 1.807) is 0 Å². The van der Waals surface area contributed by atoms with Crippen molar-refractivity contribution in [1.29, 1.82) is 0 Å². The van der Waals surface area contributed by atoms with Crippen LogP contribution in [0.5, 0.6) is 0 Å². The van der Waals surface area contributed by atoms with Crippen molar-refractivity contribution in [2.24, 2.45) is 5.18 Å². The van der Waals surface area contributed by atoms with Gasteiger partial charge in [0.25, 0.3) is 0 Å². The molecule has 0 N–H and O–H groups in total. The molecule has 0 amide bonds. The number of nitrogens with zero attached hydrogens (tertiary/aromatic N) is 1. The zero-order valence-corrected chi connectivity index (χ0v) is 9.25. The van der Waals surface area contributed by atoms with E-state index in [-0.39, 0.29) is 0 Å². The topological polar surface area (TPSA) is 55.7 Å². The highest BCUT2D eigenvalue weighted by Gasteiger charge is 2.18. The van der Waals surface area contributed by atoms with Crippen LogP contribution in [0.2, 0.25) is 0 Å². The van der Waals surface area contributed by atoms with Crippen molar-refractivity contribution in [3.63, 3.8) is 0 Å². The van der Waals surface area contributed by atoms with Crippen LogP contribution >= 0.6 is 15.9 Å². The van der Waals surface area contributed by atoms with Gasteiger partial charge in [0.1, 0.15) is 0 Å². The van der Waals surface area contributed by atoms with Gasteiger partial charge in [0.05, 0.1) is 7.11 Å². The van der Waals surface area contributed by atoms with Crippen LogP contribution in [-0.4, -0.2) is 24.5 Å². The Morgan fingerprint density at radius 3 is 2.62 bits per heavy atom. The van der Waals surface area contributed by atoms with Gasteiger partial charge in [0.2, 0.25) is 0 Å². The van der Waals surface area contributed by atoms with Gasteiger partial charge in [-0.3, -0.25) is 0 Å². The maximum atomic E-state index is 10.9. The normalized spacial score (nSPS) is 12.2. The molecule has 4 nitrogen and oxygen atoms in total. The average molecular weight is 252 g/mol. The Kier molecular flexibility index (Phi) is 7.88. The summed E-state index contributed by atoms with van der Waals surface area (Å²) >= 11 is 3.30. The third-order valence-corrected chi connectivity index (χ3v) is 2.27. The molecule has 0 spiro atoms. The van der Waals surface area contributed by atoms with Crippen molar-refractivity contribution < 1.29 is 9.53 Å². The van der Waals surface area contributed by atoms with E-state index < -0.39 is 12.0 Å². The van der Waals surface area contributed by atoms with Crippen molar-refractivity contribution >= 4 is 21.9 Å². The quantitative estimate of drug-likeness (QED) is 0.302. The molecule has 0 heterocycles. The first kappa shape index (κ1) is 12.6. The molecule has 0 saturated heterocycles. The van der Waals surface area contributed by atoms with Gasteiger partial charge in [-0.2, -0.15) is 0 Å². The summed E-state index contributed by atoms with van der Waals surface area (Å²) in [6, 6.07) is -0.819. The van der Waals surface area contributed by atoms with Gasteiger partial charge in [-0.25, -0.2) is 4.79 Å². The number of hydrogen-bond donors (Lipinski definition) is 0. The lowest BCUT2D eigenvalue weighted by molar-refractivity contribution is -0.142. The Morgan fingerprint density at radius 2 is 2.15 bits per heavy atom.